The molecule has 2 aromatic rings. The van der Waals surface area contributed by atoms with Crippen LogP contribution in [-0.4, -0.2) is 28.1 Å². The summed E-state index contributed by atoms with van der Waals surface area (Å²) in [4.78, 5) is 31.5. The molecule has 0 aliphatic carbocycles. The van der Waals surface area contributed by atoms with Crippen LogP contribution in [0.2, 0.25) is 0 Å². The van der Waals surface area contributed by atoms with Crippen LogP contribution in [0.1, 0.15) is 10.4 Å². The molecule has 0 saturated carbocycles. The van der Waals surface area contributed by atoms with E-state index in [0.29, 0.717) is 0 Å². The van der Waals surface area contributed by atoms with Gasteiger partial charge in [0.15, 0.2) is 5.16 Å². The summed E-state index contributed by atoms with van der Waals surface area (Å²) in [5.74, 6) is -1.96. The third-order valence-electron chi connectivity index (χ3n) is 2.58. The molecule has 0 N–H and O–H groups in total. The third kappa shape index (κ3) is 2.54. The molecule has 0 unspecified atom stereocenters. The van der Waals surface area contributed by atoms with E-state index in [1.165, 1.54) is 24.3 Å². The molecule has 0 aliphatic rings. The highest BCUT2D eigenvalue weighted by Crippen LogP contribution is 2.31. The fraction of sp³-hybridized carbons (Fsp3) is 0.0909. The predicted octanol–water partition coefficient (Wildman–Crippen LogP) is 1.94. The highest BCUT2D eigenvalue weighted by atomic mass is 16.6. The van der Waals surface area contributed by atoms with Crippen LogP contribution in [0.25, 0.3) is 11.3 Å². The summed E-state index contributed by atoms with van der Waals surface area (Å²) < 4.78 is 9.26. The van der Waals surface area contributed by atoms with Crippen molar-refractivity contribution in [3.63, 3.8) is 0 Å². The van der Waals surface area contributed by atoms with Crippen molar-refractivity contribution in [3.05, 3.63) is 50.1 Å². The molecule has 1 aromatic carbocycles. The van der Waals surface area contributed by atoms with Crippen molar-refractivity contribution in [2.75, 3.05) is 7.11 Å². The first-order valence-electron chi connectivity index (χ1n) is 5.43. The summed E-state index contributed by atoms with van der Waals surface area (Å²) in [5, 5.41) is 24.6. The molecule has 2 rings (SSSR count). The SMILES string of the molecule is COC(=O)c1c([N+](=O)[O-])noc1-c1ccc([N+](=O)[O-])cc1. The molecule has 108 valence electrons. The van der Waals surface area contributed by atoms with Crippen LogP contribution in [0.15, 0.2) is 28.8 Å². The number of carbonyl (C=O) groups is 1. The molecule has 10 nitrogen and oxygen atoms in total. The van der Waals surface area contributed by atoms with Gasteiger partial charge in [-0.3, -0.25) is 14.6 Å². The molecule has 10 heteroatoms. The number of methoxy groups -OCH3 is 1. The van der Waals surface area contributed by atoms with Crippen molar-refractivity contribution < 1.29 is 23.9 Å². The zero-order valence-corrected chi connectivity index (χ0v) is 10.5. The Hall–Kier alpha value is -3.30. The third-order valence-corrected chi connectivity index (χ3v) is 2.58. The number of esters is 1. The molecule has 0 atom stereocenters. The van der Waals surface area contributed by atoms with Gasteiger partial charge in [0.25, 0.3) is 5.69 Å². The number of carbonyl (C=O) groups excluding carboxylic acids is 1. The molecule has 1 heterocycles. The van der Waals surface area contributed by atoms with Gasteiger partial charge >= 0.3 is 11.8 Å². The largest absolute Gasteiger partial charge is 0.465 e. The topological polar surface area (TPSA) is 139 Å². The molecule has 1 aromatic heterocycles. The van der Waals surface area contributed by atoms with Gasteiger partial charge in [-0.05, 0) is 17.1 Å². The number of ether oxygens (including phenoxy) is 1. The van der Waals surface area contributed by atoms with Crippen LogP contribution in [0.4, 0.5) is 11.5 Å². The summed E-state index contributed by atoms with van der Waals surface area (Å²) in [6, 6.07) is 4.92. The van der Waals surface area contributed by atoms with Crippen molar-refractivity contribution in [2.24, 2.45) is 0 Å². The van der Waals surface area contributed by atoms with Crippen molar-refractivity contribution in [1.29, 1.82) is 0 Å². The first kappa shape index (κ1) is 14.1. The quantitative estimate of drug-likeness (QED) is 0.473. The highest BCUT2D eigenvalue weighted by molar-refractivity contribution is 5.99. The van der Waals surface area contributed by atoms with Gasteiger partial charge in [-0.2, -0.15) is 0 Å². The Morgan fingerprint density at radius 3 is 2.29 bits per heavy atom. The van der Waals surface area contributed by atoms with Crippen LogP contribution in [0, 0.1) is 20.2 Å². The lowest BCUT2D eigenvalue weighted by atomic mass is 10.1. The molecule has 0 bridgehead atoms. The number of non-ortho nitro benzene ring substituents is 1. The van der Waals surface area contributed by atoms with Gasteiger partial charge in [0, 0.05) is 17.7 Å². The average molecular weight is 293 g/mol. The Morgan fingerprint density at radius 2 is 1.81 bits per heavy atom. The summed E-state index contributed by atoms with van der Waals surface area (Å²) >= 11 is 0. The zero-order valence-electron chi connectivity index (χ0n) is 10.5. The van der Waals surface area contributed by atoms with Crippen molar-refractivity contribution in [1.82, 2.24) is 5.16 Å². The normalized spacial score (nSPS) is 10.1. The zero-order chi connectivity index (χ0) is 15.6. The van der Waals surface area contributed by atoms with Gasteiger partial charge in [0.05, 0.1) is 12.0 Å². The molecule has 0 spiro atoms. The van der Waals surface area contributed by atoms with Crippen LogP contribution in [0.3, 0.4) is 0 Å². The maximum atomic E-state index is 11.6. The summed E-state index contributed by atoms with van der Waals surface area (Å²) in [6.45, 7) is 0. The Labute approximate surface area is 116 Å². The highest BCUT2D eigenvalue weighted by Gasteiger charge is 2.33. The number of nitro benzene ring substituents is 1. The van der Waals surface area contributed by atoms with E-state index in [4.69, 9.17) is 4.52 Å². The van der Waals surface area contributed by atoms with Crippen molar-refractivity contribution >= 4 is 17.5 Å². The fourth-order valence-corrected chi connectivity index (χ4v) is 1.62. The Balaban J connectivity index is 2.55. The second-order valence-corrected chi connectivity index (χ2v) is 3.76. The maximum Gasteiger partial charge on any atom is 0.428 e. The van der Waals surface area contributed by atoms with Crippen molar-refractivity contribution in [2.45, 2.75) is 0 Å². The van der Waals surface area contributed by atoms with E-state index in [9.17, 15) is 25.0 Å². The van der Waals surface area contributed by atoms with Gasteiger partial charge in [-0.25, -0.2) is 4.79 Å². The van der Waals surface area contributed by atoms with Gasteiger partial charge < -0.3 is 14.9 Å². The second-order valence-electron chi connectivity index (χ2n) is 3.76. The Morgan fingerprint density at radius 1 is 1.19 bits per heavy atom. The van der Waals surface area contributed by atoms with Gasteiger partial charge in [-0.15, -0.1) is 0 Å². The average Bonchev–Trinajstić information content (AvgIpc) is 2.91. The minimum atomic E-state index is -0.990. The first-order valence-corrected chi connectivity index (χ1v) is 5.43. The van der Waals surface area contributed by atoms with Gasteiger partial charge in [0.1, 0.15) is 0 Å². The molecule has 0 amide bonds. The van der Waals surface area contributed by atoms with E-state index < -0.39 is 27.2 Å². The van der Waals surface area contributed by atoms with E-state index in [1.54, 1.807) is 0 Å². The molecular formula is C11H7N3O7. The number of hydrogen-bond donors (Lipinski definition) is 0. The van der Waals surface area contributed by atoms with Crippen LogP contribution in [0.5, 0.6) is 0 Å². The smallest absolute Gasteiger partial charge is 0.428 e. The predicted molar refractivity (Wildman–Crippen MR) is 66.6 cm³/mol. The Kier molecular flexibility index (Phi) is 3.61. The number of rotatable bonds is 4. The van der Waals surface area contributed by atoms with E-state index in [2.05, 4.69) is 9.89 Å². The summed E-state index contributed by atoms with van der Waals surface area (Å²) in [7, 11) is 1.05. The maximum absolute atomic E-state index is 11.6. The minimum Gasteiger partial charge on any atom is -0.465 e. The van der Waals surface area contributed by atoms with E-state index in [0.717, 1.165) is 7.11 Å². The van der Waals surface area contributed by atoms with Crippen molar-refractivity contribution in [3.8, 4) is 11.3 Å². The lowest BCUT2D eigenvalue weighted by Crippen LogP contribution is -2.05. The standard InChI is InChI=1S/C11H7N3O7/c1-20-11(15)8-9(21-12-10(8)14(18)19)6-2-4-7(5-3-6)13(16)17/h2-5H,1H3. The summed E-state index contributed by atoms with van der Waals surface area (Å²) in [6.07, 6.45) is 0. The molecule has 0 saturated heterocycles. The fourth-order valence-electron chi connectivity index (χ4n) is 1.62. The molecule has 21 heavy (non-hydrogen) atoms. The van der Waals surface area contributed by atoms with E-state index in [-0.39, 0.29) is 17.0 Å². The van der Waals surface area contributed by atoms with E-state index >= 15 is 0 Å². The molecular weight excluding hydrogens is 286 g/mol. The first-order chi connectivity index (χ1) is 9.95. The number of nitro groups is 2. The molecule has 0 radical (unpaired) electrons. The number of nitrogens with zero attached hydrogens (tertiary/aromatic N) is 3. The van der Waals surface area contributed by atoms with Gasteiger partial charge in [-0.1, -0.05) is 0 Å². The number of benzene rings is 1. The lowest BCUT2D eigenvalue weighted by molar-refractivity contribution is -0.391. The number of aromatic nitrogens is 1. The lowest BCUT2D eigenvalue weighted by Gasteiger charge is -1.99. The minimum absolute atomic E-state index is 0.174. The van der Waals surface area contributed by atoms with E-state index in [1.807, 2.05) is 0 Å². The van der Waals surface area contributed by atoms with Crippen LogP contribution < -0.4 is 0 Å². The molecule has 0 fully saturated rings. The van der Waals surface area contributed by atoms with Gasteiger partial charge in [0.2, 0.25) is 11.3 Å². The Bertz CT molecular complexity index is 720. The molecule has 0 aliphatic heterocycles. The monoisotopic (exact) mass is 293 g/mol. The number of hydrogen-bond acceptors (Lipinski definition) is 8. The second kappa shape index (κ2) is 5.36. The van der Waals surface area contributed by atoms with Crippen LogP contribution >= 0.6 is 0 Å². The summed E-state index contributed by atoms with van der Waals surface area (Å²) in [5.41, 5.74) is -0.398. The van der Waals surface area contributed by atoms with Crippen LogP contribution in [-0.2, 0) is 4.74 Å².